The molecule has 1 aliphatic rings. The normalized spacial score (nSPS) is 19.0. The van der Waals surface area contributed by atoms with Gasteiger partial charge < -0.3 is 14.2 Å². The van der Waals surface area contributed by atoms with Crippen LogP contribution < -0.4 is 4.90 Å². The average Bonchev–Trinajstić information content (AvgIpc) is 2.99. The molecule has 1 aliphatic heterocycles. The van der Waals surface area contributed by atoms with Crippen molar-refractivity contribution in [3.63, 3.8) is 0 Å². The lowest BCUT2D eigenvalue weighted by atomic mass is 10.2. The van der Waals surface area contributed by atoms with Crippen LogP contribution in [0.15, 0.2) is 30.7 Å². The molecule has 0 radical (unpaired) electrons. The Labute approximate surface area is 136 Å². The summed E-state index contributed by atoms with van der Waals surface area (Å²) >= 11 is 0. The van der Waals surface area contributed by atoms with Crippen molar-refractivity contribution in [1.29, 1.82) is 0 Å². The summed E-state index contributed by atoms with van der Waals surface area (Å²) < 4.78 is 8.02. The van der Waals surface area contributed by atoms with E-state index in [1.807, 2.05) is 31.6 Å². The third kappa shape index (κ3) is 4.05. The number of morpholine rings is 1. The van der Waals surface area contributed by atoms with Crippen molar-refractivity contribution < 1.29 is 4.74 Å². The number of hydrogen-bond donors (Lipinski definition) is 0. The Morgan fingerprint density at radius 3 is 3.00 bits per heavy atom. The number of ether oxygens (including phenoxy) is 1. The van der Waals surface area contributed by atoms with Gasteiger partial charge in [0.1, 0.15) is 5.82 Å². The van der Waals surface area contributed by atoms with Crippen LogP contribution >= 0.6 is 0 Å². The molecule has 0 unspecified atom stereocenters. The summed E-state index contributed by atoms with van der Waals surface area (Å²) in [4.78, 5) is 9.03. The van der Waals surface area contributed by atoms with Gasteiger partial charge in [-0.3, -0.25) is 4.90 Å². The number of rotatable bonds is 6. The van der Waals surface area contributed by atoms with E-state index in [1.165, 1.54) is 0 Å². The third-order valence-corrected chi connectivity index (χ3v) is 4.20. The molecule has 7 heteroatoms. The van der Waals surface area contributed by atoms with E-state index in [1.54, 1.807) is 6.20 Å². The van der Waals surface area contributed by atoms with Crippen LogP contribution in [0, 0.1) is 0 Å². The first-order valence-electron chi connectivity index (χ1n) is 8.09. The highest BCUT2D eigenvalue weighted by Crippen LogP contribution is 2.14. The molecule has 0 bridgehead atoms. The van der Waals surface area contributed by atoms with Gasteiger partial charge in [0, 0.05) is 51.8 Å². The highest BCUT2D eigenvalue weighted by atomic mass is 16.5. The summed E-state index contributed by atoms with van der Waals surface area (Å²) in [7, 11) is 2.03. The summed E-state index contributed by atoms with van der Waals surface area (Å²) in [5, 5.41) is 8.17. The highest BCUT2D eigenvalue weighted by molar-refractivity contribution is 5.36. The molecule has 124 valence electrons. The second kappa shape index (κ2) is 7.52. The van der Waals surface area contributed by atoms with Crippen LogP contribution in [-0.4, -0.2) is 63.5 Å². The van der Waals surface area contributed by atoms with Gasteiger partial charge in [0.05, 0.1) is 19.3 Å². The molecule has 1 saturated heterocycles. The van der Waals surface area contributed by atoms with Crippen molar-refractivity contribution in [2.45, 2.75) is 19.6 Å². The Bertz CT molecular complexity index is 602. The number of anilines is 1. The van der Waals surface area contributed by atoms with Crippen LogP contribution in [0.3, 0.4) is 0 Å². The fourth-order valence-electron chi connectivity index (χ4n) is 2.88. The number of imidazole rings is 1. The maximum Gasteiger partial charge on any atom is 0.151 e. The summed E-state index contributed by atoms with van der Waals surface area (Å²) in [6.45, 7) is 7.31. The minimum absolute atomic E-state index is 0.172. The Morgan fingerprint density at radius 2 is 2.30 bits per heavy atom. The average molecular weight is 316 g/mol. The molecule has 1 atom stereocenters. The minimum Gasteiger partial charge on any atom is -0.374 e. The van der Waals surface area contributed by atoms with E-state index < -0.39 is 0 Å². The Morgan fingerprint density at radius 1 is 1.39 bits per heavy atom. The molecule has 7 nitrogen and oxygen atoms in total. The van der Waals surface area contributed by atoms with Crippen molar-refractivity contribution in [2.24, 2.45) is 7.05 Å². The van der Waals surface area contributed by atoms with E-state index in [-0.39, 0.29) is 6.10 Å². The van der Waals surface area contributed by atoms with Gasteiger partial charge in [-0.2, -0.15) is 5.10 Å². The standard InChI is InChI=1S/C16H24N6O/c1-3-22(15-5-4-6-18-19-15)12-14-11-21(9-10-23-14)13-16-17-7-8-20(16)2/h4-8,14H,3,9-13H2,1-2H3/t14-/m1/s1. The monoisotopic (exact) mass is 316 g/mol. The molecule has 0 N–H and O–H groups in total. The van der Waals surface area contributed by atoms with E-state index in [2.05, 4.69) is 36.5 Å². The largest absolute Gasteiger partial charge is 0.374 e. The first-order valence-corrected chi connectivity index (χ1v) is 8.09. The zero-order valence-corrected chi connectivity index (χ0v) is 13.8. The van der Waals surface area contributed by atoms with E-state index in [0.717, 1.165) is 51.0 Å². The summed E-state index contributed by atoms with van der Waals surface area (Å²) in [6, 6.07) is 3.91. The fraction of sp³-hybridized carbons (Fsp3) is 0.562. The fourth-order valence-corrected chi connectivity index (χ4v) is 2.88. The van der Waals surface area contributed by atoms with Gasteiger partial charge in [0.2, 0.25) is 0 Å². The summed E-state index contributed by atoms with van der Waals surface area (Å²) in [5.41, 5.74) is 0. The quantitative estimate of drug-likeness (QED) is 0.790. The van der Waals surface area contributed by atoms with Gasteiger partial charge in [-0.15, -0.1) is 5.10 Å². The van der Waals surface area contributed by atoms with Gasteiger partial charge in [-0.1, -0.05) is 0 Å². The van der Waals surface area contributed by atoms with Gasteiger partial charge in [-0.25, -0.2) is 4.98 Å². The molecule has 0 saturated carbocycles. The van der Waals surface area contributed by atoms with E-state index in [0.29, 0.717) is 0 Å². The molecule has 2 aromatic rings. The first kappa shape index (κ1) is 15.9. The van der Waals surface area contributed by atoms with Crippen molar-refractivity contribution in [2.75, 3.05) is 37.7 Å². The number of hydrogen-bond acceptors (Lipinski definition) is 6. The third-order valence-electron chi connectivity index (χ3n) is 4.20. The summed E-state index contributed by atoms with van der Waals surface area (Å²) in [5.74, 6) is 1.99. The molecule has 0 aromatic carbocycles. The molecular formula is C16H24N6O. The number of aromatic nitrogens is 4. The van der Waals surface area contributed by atoms with Gasteiger partial charge >= 0.3 is 0 Å². The predicted octanol–water partition coefficient (Wildman–Crippen LogP) is 0.937. The molecular weight excluding hydrogens is 292 g/mol. The van der Waals surface area contributed by atoms with Crippen LogP contribution in [0.25, 0.3) is 0 Å². The lowest BCUT2D eigenvalue weighted by molar-refractivity contribution is -0.0278. The highest BCUT2D eigenvalue weighted by Gasteiger charge is 2.23. The van der Waals surface area contributed by atoms with Crippen LogP contribution in [0.4, 0.5) is 5.82 Å². The topological polar surface area (TPSA) is 59.3 Å². The van der Waals surface area contributed by atoms with Crippen LogP contribution in [0.5, 0.6) is 0 Å². The second-order valence-electron chi connectivity index (χ2n) is 5.80. The number of aryl methyl sites for hydroxylation is 1. The minimum atomic E-state index is 0.172. The Balaban J connectivity index is 1.58. The van der Waals surface area contributed by atoms with E-state index in [4.69, 9.17) is 4.74 Å². The van der Waals surface area contributed by atoms with Gasteiger partial charge in [0.25, 0.3) is 0 Å². The first-order chi connectivity index (χ1) is 11.3. The maximum atomic E-state index is 5.95. The van der Waals surface area contributed by atoms with E-state index >= 15 is 0 Å². The molecule has 23 heavy (non-hydrogen) atoms. The van der Waals surface area contributed by atoms with Crippen molar-refractivity contribution >= 4 is 5.82 Å². The zero-order valence-electron chi connectivity index (χ0n) is 13.8. The van der Waals surface area contributed by atoms with Gasteiger partial charge in [0.15, 0.2) is 5.82 Å². The molecule has 0 aliphatic carbocycles. The molecule has 3 rings (SSSR count). The summed E-state index contributed by atoms with van der Waals surface area (Å²) in [6.07, 6.45) is 5.70. The van der Waals surface area contributed by atoms with Crippen molar-refractivity contribution in [3.05, 3.63) is 36.5 Å². The zero-order chi connectivity index (χ0) is 16.1. The molecule has 0 spiro atoms. The maximum absolute atomic E-state index is 5.95. The van der Waals surface area contributed by atoms with E-state index in [9.17, 15) is 0 Å². The van der Waals surface area contributed by atoms with Crippen LogP contribution in [0.1, 0.15) is 12.7 Å². The van der Waals surface area contributed by atoms with Crippen LogP contribution in [0.2, 0.25) is 0 Å². The van der Waals surface area contributed by atoms with Gasteiger partial charge in [-0.05, 0) is 19.1 Å². The smallest absolute Gasteiger partial charge is 0.151 e. The molecule has 3 heterocycles. The van der Waals surface area contributed by atoms with Crippen LogP contribution in [-0.2, 0) is 18.3 Å². The lowest BCUT2D eigenvalue weighted by Gasteiger charge is -2.35. The van der Waals surface area contributed by atoms with Crippen molar-refractivity contribution in [1.82, 2.24) is 24.6 Å². The SMILES string of the molecule is CCN(C[C@H]1CN(Cc2nccn2C)CCO1)c1cccnn1. The Kier molecular flexibility index (Phi) is 5.19. The Hall–Kier alpha value is -1.99. The molecule has 1 fully saturated rings. The lowest BCUT2D eigenvalue weighted by Crippen LogP contribution is -2.47. The molecule has 2 aromatic heterocycles. The number of likely N-dealkylation sites (N-methyl/N-ethyl adjacent to an activating group) is 1. The second-order valence-corrected chi connectivity index (χ2v) is 5.80. The van der Waals surface area contributed by atoms with Crippen molar-refractivity contribution in [3.8, 4) is 0 Å². The number of nitrogens with zero attached hydrogens (tertiary/aromatic N) is 6. The predicted molar refractivity (Wildman–Crippen MR) is 88.1 cm³/mol. The molecule has 0 amide bonds.